The fourth-order valence-electron chi connectivity index (χ4n) is 1.30. The molecule has 4 N–H and O–H groups in total. The molecular weight excluding hydrogens is 252 g/mol. The van der Waals surface area contributed by atoms with Crippen LogP contribution in [-0.4, -0.2) is 44.6 Å². The quantitative estimate of drug-likeness (QED) is 0.476. The van der Waals surface area contributed by atoms with Crippen LogP contribution in [0.5, 0.6) is 0 Å². The van der Waals surface area contributed by atoms with Crippen molar-refractivity contribution in [2.45, 2.75) is 71.0 Å². The second-order valence-electron chi connectivity index (χ2n) is 4.33. The predicted molar refractivity (Wildman–Crippen MR) is 71.0 cm³/mol. The van der Waals surface area contributed by atoms with Crippen molar-refractivity contribution in [3.8, 4) is 0 Å². The number of aliphatic hydroxyl groups is 2. The highest BCUT2D eigenvalue weighted by Crippen LogP contribution is 2.05. The van der Waals surface area contributed by atoms with Gasteiger partial charge in [0, 0.05) is 0 Å². The molecule has 2 atom stereocenters. The molecule has 0 aliphatic rings. The first kappa shape index (κ1) is 20.2. The molecule has 0 aromatic heterocycles. The molecule has 114 valence electrons. The Bertz CT molecular complexity index is 217. The van der Waals surface area contributed by atoms with E-state index in [0.717, 1.165) is 0 Å². The lowest BCUT2D eigenvalue weighted by Gasteiger charge is -2.07. The molecule has 19 heavy (non-hydrogen) atoms. The molecule has 0 radical (unpaired) electrons. The predicted octanol–water partition coefficient (Wildman–Crippen LogP) is 1.63. The summed E-state index contributed by atoms with van der Waals surface area (Å²) in [4.78, 5) is 19.5. The van der Waals surface area contributed by atoms with Crippen molar-refractivity contribution in [3.63, 3.8) is 0 Å². The lowest BCUT2D eigenvalue weighted by atomic mass is 10.1. The molecule has 0 unspecified atom stereocenters. The number of aliphatic hydroxyl groups excluding tert-OH is 2. The number of carbonyl (C=O) groups is 2. The van der Waals surface area contributed by atoms with E-state index in [1.54, 1.807) is 0 Å². The fourth-order valence-corrected chi connectivity index (χ4v) is 1.30. The SMILES string of the molecule is CCCCCCCCC.O=C(O)[C@H](O)[C@@H](O)C(=O)O. The number of carboxylic acid groups (broad SMARTS) is 2. The summed E-state index contributed by atoms with van der Waals surface area (Å²) in [6.45, 7) is 4.53. The standard InChI is InChI=1S/C9H20.C4H6O6/c1-3-5-7-9-8-6-4-2;5-1(3(7)8)2(6)4(9)10/h3-9H2,1-2H3;1-2,5-6H,(H,7,8)(H,9,10)/t;1-,2-/m.1/s1. The van der Waals surface area contributed by atoms with E-state index < -0.39 is 24.1 Å². The zero-order valence-electron chi connectivity index (χ0n) is 11.7. The van der Waals surface area contributed by atoms with E-state index >= 15 is 0 Å². The highest BCUT2D eigenvalue weighted by molar-refractivity contribution is 5.83. The first-order valence-corrected chi connectivity index (χ1v) is 6.70. The maximum absolute atomic E-state index is 9.77. The Balaban J connectivity index is 0. The third-order valence-corrected chi connectivity index (χ3v) is 2.51. The summed E-state index contributed by atoms with van der Waals surface area (Å²) in [5.74, 6) is -3.54. The number of unbranched alkanes of at least 4 members (excludes halogenated alkanes) is 6. The molecule has 6 nitrogen and oxygen atoms in total. The number of carboxylic acids is 2. The van der Waals surface area contributed by atoms with Gasteiger partial charge in [-0.15, -0.1) is 0 Å². The first-order chi connectivity index (χ1) is 8.88. The van der Waals surface area contributed by atoms with E-state index in [2.05, 4.69) is 13.8 Å². The molecule has 0 saturated heterocycles. The summed E-state index contributed by atoms with van der Waals surface area (Å²) >= 11 is 0. The van der Waals surface area contributed by atoms with Crippen molar-refractivity contribution in [2.75, 3.05) is 0 Å². The molecule has 0 aliphatic heterocycles. The van der Waals surface area contributed by atoms with Crippen molar-refractivity contribution >= 4 is 11.9 Å². The average Bonchev–Trinajstić information content (AvgIpc) is 2.37. The third kappa shape index (κ3) is 13.1. The van der Waals surface area contributed by atoms with E-state index in [0.29, 0.717) is 0 Å². The molecule has 6 heteroatoms. The number of rotatable bonds is 9. The number of aliphatic carboxylic acids is 2. The van der Waals surface area contributed by atoms with Gasteiger partial charge in [-0.05, 0) is 0 Å². The van der Waals surface area contributed by atoms with Gasteiger partial charge in [0.2, 0.25) is 0 Å². The van der Waals surface area contributed by atoms with Gasteiger partial charge in [0.25, 0.3) is 0 Å². The number of hydrogen-bond donors (Lipinski definition) is 4. The minimum absolute atomic E-state index is 1.37. The number of hydrogen-bond acceptors (Lipinski definition) is 4. The van der Waals surface area contributed by atoms with Gasteiger partial charge in [-0.25, -0.2) is 9.59 Å². The van der Waals surface area contributed by atoms with Crippen molar-refractivity contribution in [3.05, 3.63) is 0 Å². The second kappa shape index (κ2) is 13.3. The molecular formula is C13H26O6. The van der Waals surface area contributed by atoms with Crippen LogP contribution in [0.25, 0.3) is 0 Å². The highest BCUT2D eigenvalue weighted by Gasteiger charge is 2.29. The van der Waals surface area contributed by atoms with E-state index in [4.69, 9.17) is 20.4 Å². The van der Waals surface area contributed by atoms with Gasteiger partial charge >= 0.3 is 11.9 Å². The van der Waals surface area contributed by atoms with E-state index in [-0.39, 0.29) is 0 Å². The molecule has 0 bridgehead atoms. The van der Waals surface area contributed by atoms with E-state index in [1.807, 2.05) is 0 Å². The van der Waals surface area contributed by atoms with Gasteiger partial charge in [0.15, 0.2) is 12.2 Å². The lowest BCUT2D eigenvalue weighted by Crippen LogP contribution is -2.39. The first-order valence-electron chi connectivity index (χ1n) is 6.70. The average molecular weight is 278 g/mol. The summed E-state index contributed by atoms with van der Waals surface area (Å²) in [6, 6.07) is 0. The van der Waals surface area contributed by atoms with Crippen LogP contribution in [0.4, 0.5) is 0 Å². The van der Waals surface area contributed by atoms with Crippen LogP contribution in [0, 0.1) is 0 Å². The van der Waals surface area contributed by atoms with Crippen molar-refractivity contribution in [2.24, 2.45) is 0 Å². The summed E-state index contributed by atoms with van der Waals surface area (Å²) in [6.07, 6.45) is 5.44. The molecule has 0 amide bonds. The van der Waals surface area contributed by atoms with Gasteiger partial charge in [-0.2, -0.15) is 0 Å². The Morgan fingerprint density at radius 1 is 0.737 bits per heavy atom. The molecule has 0 fully saturated rings. The van der Waals surface area contributed by atoms with E-state index in [9.17, 15) is 9.59 Å². The van der Waals surface area contributed by atoms with Crippen molar-refractivity contribution < 1.29 is 30.0 Å². The van der Waals surface area contributed by atoms with Crippen LogP contribution in [0.2, 0.25) is 0 Å². The molecule has 0 aromatic carbocycles. The smallest absolute Gasteiger partial charge is 0.335 e. The van der Waals surface area contributed by atoms with Crippen LogP contribution in [0.3, 0.4) is 0 Å². The highest BCUT2D eigenvalue weighted by atomic mass is 16.4. The topological polar surface area (TPSA) is 115 Å². The monoisotopic (exact) mass is 278 g/mol. The minimum Gasteiger partial charge on any atom is -0.479 e. The van der Waals surface area contributed by atoms with Crippen LogP contribution in [0.15, 0.2) is 0 Å². The van der Waals surface area contributed by atoms with Crippen LogP contribution in [0.1, 0.15) is 58.8 Å². The van der Waals surface area contributed by atoms with Gasteiger partial charge in [0.1, 0.15) is 0 Å². The minimum atomic E-state index is -2.27. The zero-order valence-corrected chi connectivity index (χ0v) is 11.7. The van der Waals surface area contributed by atoms with E-state index in [1.165, 1.54) is 44.9 Å². The summed E-state index contributed by atoms with van der Waals surface area (Å²) < 4.78 is 0. The molecule has 0 rings (SSSR count). The lowest BCUT2D eigenvalue weighted by molar-refractivity contribution is -0.165. The third-order valence-electron chi connectivity index (χ3n) is 2.51. The van der Waals surface area contributed by atoms with Crippen molar-refractivity contribution in [1.29, 1.82) is 0 Å². The second-order valence-corrected chi connectivity index (χ2v) is 4.33. The van der Waals surface area contributed by atoms with Gasteiger partial charge < -0.3 is 20.4 Å². The molecule has 0 aromatic rings. The molecule has 0 aliphatic carbocycles. The Morgan fingerprint density at radius 2 is 1.00 bits per heavy atom. The molecule has 0 saturated carbocycles. The Labute approximate surface area is 114 Å². The van der Waals surface area contributed by atoms with Crippen LogP contribution in [-0.2, 0) is 9.59 Å². The Hall–Kier alpha value is -1.14. The van der Waals surface area contributed by atoms with Crippen LogP contribution >= 0.6 is 0 Å². The van der Waals surface area contributed by atoms with Gasteiger partial charge in [0.05, 0.1) is 0 Å². The van der Waals surface area contributed by atoms with Gasteiger partial charge in [-0.1, -0.05) is 58.8 Å². The molecule has 0 heterocycles. The zero-order chi connectivity index (χ0) is 15.3. The summed E-state index contributed by atoms with van der Waals surface area (Å²) in [5.41, 5.74) is 0. The Morgan fingerprint density at radius 3 is 1.21 bits per heavy atom. The maximum Gasteiger partial charge on any atom is 0.335 e. The normalized spacial score (nSPS) is 13.1. The molecule has 0 spiro atoms. The largest absolute Gasteiger partial charge is 0.479 e. The van der Waals surface area contributed by atoms with Crippen molar-refractivity contribution in [1.82, 2.24) is 0 Å². The van der Waals surface area contributed by atoms with Crippen LogP contribution < -0.4 is 0 Å². The van der Waals surface area contributed by atoms with Gasteiger partial charge in [-0.3, -0.25) is 0 Å². The fraction of sp³-hybridized carbons (Fsp3) is 0.846. The summed E-state index contributed by atoms with van der Waals surface area (Å²) in [7, 11) is 0. The summed E-state index contributed by atoms with van der Waals surface area (Å²) in [5, 5.41) is 32.5. The Kier molecular flexibility index (Phi) is 14.1. The maximum atomic E-state index is 9.77.